The van der Waals surface area contributed by atoms with Crippen LogP contribution in [0.4, 0.5) is 0 Å². The van der Waals surface area contributed by atoms with Crippen LogP contribution in [-0.4, -0.2) is 150 Å². The van der Waals surface area contributed by atoms with Crippen LogP contribution >= 0.6 is 0 Å². The first-order chi connectivity index (χ1) is 17.7. The van der Waals surface area contributed by atoms with Crippen LogP contribution in [0.15, 0.2) is 0 Å². The molecule has 0 saturated carbocycles. The minimum atomic E-state index is -0.266. The molecule has 0 radical (unpaired) electrons. The molecule has 214 valence electrons. The molecule has 0 aliphatic carbocycles. The van der Waals surface area contributed by atoms with Gasteiger partial charge >= 0.3 is 23.9 Å². The topological polar surface area (TPSA) is 118 Å². The van der Waals surface area contributed by atoms with Crippen molar-refractivity contribution >= 4 is 23.9 Å². The molecule has 1 rings (SSSR count). The number of ether oxygens (including phenoxy) is 4. The molecule has 0 unspecified atom stereocenters. The van der Waals surface area contributed by atoms with Gasteiger partial charge in [-0.05, 0) is 6.92 Å². The van der Waals surface area contributed by atoms with Gasteiger partial charge in [-0.15, -0.1) is 0 Å². The van der Waals surface area contributed by atoms with Crippen molar-refractivity contribution in [2.75, 3.05) is 100 Å². The molecule has 0 bridgehead atoms. The van der Waals surface area contributed by atoms with Gasteiger partial charge in [0.05, 0.1) is 54.1 Å². The molecule has 12 nitrogen and oxygen atoms in total. The number of esters is 4. The highest BCUT2D eigenvalue weighted by atomic mass is 16.5. The van der Waals surface area contributed by atoms with E-state index in [0.29, 0.717) is 32.2 Å². The van der Waals surface area contributed by atoms with E-state index in [4.69, 9.17) is 18.9 Å². The summed E-state index contributed by atoms with van der Waals surface area (Å²) in [5, 5.41) is 0. The fraction of sp³-hybridized carbons (Fsp3) is 0.840. The lowest BCUT2D eigenvalue weighted by Crippen LogP contribution is -2.54. The van der Waals surface area contributed by atoms with Gasteiger partial charge < -0.3 is 28.7 Å². The Balaban J connectivity index is 2.53. The minimum Gasteiger partial charge on any atom is -0.469 e. The molecular weight excluding hydrogens is 484 g/mol. The van der Waals surface area contributed by atoms with Gasteiger partial charge in [-0.2, -0.15) is 0 Å². The summed E-state index contributed by atoms with van der Waals surface area (Å²) in [6.07, 6.45) is 1.13. The number of methoxy groups -OCH3 is 4. The van der Waals surface area contributed by atoms with Crippen LogP contribution in [0.3, 0.4) is 0 Å². The summed E-state index contributed by atoms with van der Waals surface area (Å²) in [5.41, 5.74) is 0. The van der Waals surface area contributed by atoms with E-state index in [1.54, 1.807) is 0 Å². The Morgan fingerprint density at radius 1 is 0.622 bits per heavy atom. The first kappa shape index (κ1) is 32.7. The maximum atomic E-state index is 11.6. The highest BCUT2D eigenvalue weighted by molar-refractivity contribution is 5.70. The van der Waals surface area contributed by atoms with E-state index < -0.39 is 0 Å². The largest absolute Gasteiger partial charge is 0.469 e. The van der Waals surface area contributed by atoms with Gasteiger partial charge in [-0.25, -0.2) is 0 Å². The van der Waals surface area contributed by atoms with E-state index >= 15 is 0 Å². The average Bonchev–Trinajstić information content (AvgIpc) is 2.91. The molecule has 12 heteroatoms. The van der Waals surface area contributed by atoms with Crippen molar-refractivity contribution in [1.29, 1.82) is 0 Å². The fourth-order valence-corrected chi connectivity index (χ4v) is 4.24. The number of carbonyl (C=O) groups excluding carboxylic acids is 4. The molecule has 1 atom stereocenters. The van der Waals surface area contributed by atoms with Crippen LogP contribution in [0, 0.1) is 0 Å². The molecular formula is C25H46N4O8. The van der Waals surface area contributed by atoms with Gasteiger partial charge in [0.1, 0.15) is 0 Å². The molecule has 1 fully saturated rings. The second kappa shape index (κ2) is 18.9. The molecule has 0 spiro atoms. The summed E-state index contributed by atoms with van der Waals surface area (Å²) < 4.78 is 19.0. The Bertz CT molecular complexity index is 668. The fourth-order valence-electron chi connectivity index (χ4n) is 4.24. The van der Waals surface area contributed by atoms with Crippen molar-refractivity contribution in [1.82, 2.24) is 19.6 Å². The zero-order valence-corrected chi connectivity index (χ0v) is 23.2. The second-order valence-electron chi connectivity index (χ2n) is 9.17. The number of nitrogens with zero attached hydrogens (tertiary/aromatic N) is 4. The van der Waals surface area contributed by atoms with E-state index in [1.807, 2.05) is 0 Å². The summed E-state index contributed by atoms with van der Waals surface area (Å²) in [5.74, 6) is -1.07. The van der Waals surface area contributed by atoms with E-state index in [1.165, 1.54) is 28.4 Å². The highest BCUT2D eigenvalue weighted by Gasteiger charge is 2.24. The molecule has 1 aliphatic rings. The Kier molecular flexibility index (Phi) is 16.7. The monoisotopic (exact) mass is 530 g/mol. The Labute approximate surface area is 221 Å². The van der Waals surface area contributed by atoms with Crippen molar-refractivity contribution in [3.05, 3.63) is 0 Å². The van der Waals surface area contributed by atoms with Crippen LogP contribution in [0.2, 0.25) is 0 Å². The van der Waals surface area contributed by atoms with E-state index in [-0.39, 0.29) is 49.6 Å². The van der Waals surface area contributed by atoms with Gasteiger partial charge in [-0.3, -0.25) is 29.0 Å². The van der Waals surface area contributed by atoms with Gasteiger partial charge in [-0.1, -0.05) is 0 Å². The van der Waals surface area contributed by atoms with Crippen LogP contribution in [0.25, 0.3) is 0 Å². The van der Waals surface area contributed by atoms with Crippen LogP contribution < -0.4 is 0 Å². The molecule has 0 amide bonds. The molecule has 1 aliphatic heterocycles. The highest BCUT2D eigenvalue weighted by Crippen LogP contribution is 2.11. The predicted octanol–water partition coefficient (Wildman–Crippen LogP) is -0.151. The summed E-state index contributed by atoms with van der Waals surface area (Å²) in [4.78, 5) is 55.4. The smallest absolute Gasteiger partial charge is 0.306 e. The van der Waals surface area contributed by atoms with Crippen LogP contribution in [0.1, 0.15) is 32.6 Å². The molecule has 0 aromatic rings. The molecule has 1 saturated heterocycles. The quantitative estimate of drug-likeness (QED) is 0.173. The molecule has 0 aromatic heterocycles. The lowest BCUT2D eigenvalue weighted by Gasteiger charge is -2.41. The number of rotatable bonds is 18. The van der Waals surface area contributed by atoms with Crippen molar-refractivity contribution < 1.29 is 38.1 Å². The van der Waals surface area contributed by atoms with Gasteiger partial charge in [0.25, 0.3) is 0 Å². The van der Waals surface area contributed by atoms with Gasteiger partial charge in [0.15, 0.2) is 0 Å². The standard InChI is InChI=1S/C25H46N4O8/c1-21-20-28(15-14-26(10-6-22(30)34-2)11-7-23(31)35-3)17-19-29(21)18-16-27(12-8-24(32)36-4)13-9-25(33)37-5/h21H,6-20H2,1-5H3/t21-/m0/s1. The number of carbonyl (C=O) groups is 4. The summed E-state index contributed by atoms with van der Waals surface area (Å²) in [6.45, 7) is 10.2. The molecule has 0 aromatic carbocycles. The molecule has 0 N–H and O–H groups in total. The predicted molar refractivity (Wildman–Crippen MR) is 137 cm³/mol. The maximum Gasteiger partial charge on any atom is 0.306 e. The molecule has 37 heavy (non-hydrogen) atoms. The van der Waals surface area contributed by atoms with E-state index in [0.717, 1.165) is 45.8 Å². The van der Waals surface area contributed by atoms with Gasteiger partial charge in [0, 0.05) is 78.0 Å². The van der Waals surface area contributed by atoms with Crippen molar-refractivity contribution in [2.45, 2.75) is 38.6 Å². The van der Waals surface area contributed by atoms with E-state index in [2.05, 4.69) is 26.5 Å². The lowest BCUT2D eigenvalue weighted by atomic mass is 10.2. The Morgan fingerprint density at radius 2 is 1.00 bits per heavy atom. The Morgan fingerprint density at radius 3 is 1.35 bits per heavy atom. The Hall–Kier alpha value is -2.28. The van der Waals surface area contributed by atoms with Crippen molar-refractivity contribution in [3.8, 4) is 0 Å². The minimum absolute atomic E-state index is 0.266. The zero-order chi connectivity index (χ0) is 27.6. The number of piperazine rings is 1. The lowest BCUT2D eigenvalue weighted by molar-refractivity contribution is -0.143. The van der Waals surface area contributed by atoms with E-state index in [9.17, 15) is 19.2 Å². The van der Waals surface area contributed by atoms with Crippen molar-refractivity contribution in [2.24, 2.45) is 0 Å². The third-order valence-corrected chi connectivity index (χ3v) is 6.72. The zero-order valence-electron chi connectivity index (χ0n) is 23.2. The maximum absolute atomic E-state index is 11.6. The molecule has 1 heterocycles. The first-order valence-electron chi connectivity index (χ1n) is 12.9. The second-order valence-corrected chi connectivity index (χ2v) is 9.17. The normalized spacial score (nSPS) is 16.6. The average molecular weight is 531 g/mol. The summed E-state index contributed by atoms with van der Waals surface area (Å²) in [6, 6.07) is 0.343. The van der Waals surface area contributed by atoms with Crippen molar-refractivity contribution in [3.63, 3.8) is 0 Å². The SMILES string of the molecule is COC(=O)CCN(CCC(=O)OC)CCN1CCN(CCN(CCC(=O)OC)CCC(=O)OC)[C@@H](C)C1. The number of hydrogen-bond donors (Lipinski definition) is 0. The summed E-state index contributed by atoms with van der Waals surface area (Å²) >= 11 is 0. The van der Waals surface area contributed by atoms with Crippen LogP contribution in [0.5, 0.6) is 0 Å². The number of hydrogen-bond acceptors (Lipinski definition) is 12. The summed E-state index contributed by atoms with van der Waals surface area (Å²) in [7, 11) is 5.50. The first-order valence-corrected chi connectivity index (χ1v) is 12.9. The van der Waals surface area contributed by atoms with Crippen LogP contribution in [-0.2, 0) is 38.1 Å². The van der Waals surface area contributed by atoms with Gasteiger partial charge in [0.2, 0.25) is 0 Å². The third kappa shape index (κ3) is 14.3. The third-order valence-electron chi connectivity index (χ3n) is 6.72.